The van der Waals surface area contributed by atoms with Gasteiger partial charge in [-0.2, -0.15) is 11.8 Å². The molecule has 1 aliphatic rings. The molecule has 1 saturated heterocycles. The number of hydrogen-bond acceptors (Lipinski definition) is 5. The summed E-state index contributed by atoms with van der Waals surface area (Å²) >= 11 is 1.58. The van der Waals surface area contributed by atoms with Gasteiger partial charge in [-0.05, 0) is 31.2 Å². The van der Waals surface area contributed by atoms with E-state index < -0.39 is 5.67 Å². The summed E-state index contributed by atoms with van der Waals surface area (Å²) in [6.07, 6.45) is 4.60. The fourth-order valence-electron chi connectivity index (χ4n) is 2.99. The van der Waals surface area contributed by atoms with Gasteiger partial charge in [-0.3, -0.25) is 0 Å². The van der Waals surface area contributed by atoms with E-state index in [0.717, 1.165) is 22.5 Å². The molecule has 1 aliphatic heterocycles. The normalized spacial score (nSPS) is 17.7. The van der Waals surface area contributed by atoms with E-state index in [1.807, 2.05) is 24.5 Å². The number of thioether (sulfide) groups is 1. The summed E-state index contributed by atoms with van der Waals surface area (Å²) < 4.78 is 20.0. The SMILES string of the molecule is COc1cccc2c(N3CCC(F)(CSC)CC3)ncnc12. The number of methoxy groups -OCH3 is 1. The number of alkyl halides is 1. The number of para-hydroxylation sites is 1. The molecule has 2 aromatic rings. The molecule has 6 heteroatoms. The number of fused-ring (bicyclic) bond motifs is 1. The molecule has 0 N–H and O–H groups in total. The van der Waals surface area contributed by atoms with E-state index in [1.54, 1.807) is 25.2 Å². The first-order valence-electron chi connectivity index (χ1n) is 7.37. The molecule has 0 aliphatic carbocycles. The molecule has 0 saturated carbocycles. The number of ether oxygens (including phenoxy) is 1. The van der Waals surface area contributed by atoms with Crippen LogP contribution in [0.25, 0.3) is 10.9 Å². The van der Waals surface area contributed by atoms with Gasteiger partial charge in [0.15, 0.2) is 0 Å². The first-order chi connectivity index (χ1) is 10.7. The Balaban J connectivity index is 1.89. The highest BCUT2D eigenvalue weighted by atomic mass is 32.2. The number of nitrogens with zero attached hydrogens (tertiary/aromatic N) is 3. The summed E-state index contributed by atoms with van der Waals surface area (Å²) in [6.45, 7) is 1.36. The van der Waals surface area contributed by atoms with Crippen molar-refractivity contribution in [3.63, 3.8) is 0 Å². The smallest absolute Gasteiger partial charge is 0.145 e. The molecule has 2 heterocycles. The van der Waals surface area contributed by atoms with Gasteiger partial charge in [0.25, 0.3) is 0 Å². The third kappa shape index (κ3) is 2.84. The van der Waals surface area contributed by atoms with Crippen molar-refractivity contribution in [2.45, 2.75) is 18.5 Å². The maximum absolute atomic E-state index is 14.6. The zero-order valence-electron chi connectivity index (χ0n) is 12.9. The average molecular weight is 321 g/mol. The van der Waals surface area contributed by atoms with Crippen LogP contribution in [0.5, 0.6) is 5.75 Å². The van der Waals surface area contributed by atoms with Crippen molar-refractivity contribution in [1.82, 2.24) is 9.97 Å². The topological polar surface area (TPSA) is 38.2 Å². The average Bonchev–Trinajstić information content (AvgIpc) is 2.54. The molecular formula is C16H20FN3OS. The number of anilines is 1. The number of halogens is 1. The molecule has 22 heavy (non-hydrogen) atoms. The summed E-state index contributed by atoms with van der Waals surface area (Å²) in [5.74, 6) is 2.18. The summed E-state index contributed by atoms with van der Waals surface area (Å²) in [7, 11) is 1.64. The third-order valence-corrected chi connectivity index (χ3v) is 4.99. The van der Waals surface area contributed by atoms with Gasteiger partial charge in [-0.25, -0.2) is 14.4 Å². The quantitative estimate of drug-likeness (QED) is 0.864. The Morgan fingerprint density at radius 3 is 2.77 bits per heavy atom. The van der Waals surface area contributed by atoms with Crippen LogP contribution in [0, 0.1) is 0 Å². The van der Waals surface area contributed by atoms with Crippen molar-refractivity contribution in [3.8, 4) is 5.75 Å². The van der Waals surface area contributed by atoms with Crippen LogP contribution in [0.1, 0.15) is 12.8 Å². The summed E-state index contributed by atoms with van der Waals surface area (Å²) in [5.41, 5.74) is -0.243. The van der Waals surface area contributed by atoms with Crippen molar-refractivity contribution in [2.24, 2.45) is 0 Å². The summed E-state index contributed by atoms with van der Waals surface area (Å²) in [5, 5.41) is 0.957. The Morgan fingerprint density at radius 1 is 1.32 bits per heavy atom. The zero-order valence-corrected chi connectivity index (χ0v) is 13.7. The molecule has 1 fully saturated rings. The number of benzene rings is 1. The second kappa shape index (κ2) is 6.28. The van der Waals surface area contributed by atoms with Crippen LogP contribution in [-0.2, 0) is 0 Å². The Labute approximate surface area is 134 Å². The van der Waals surface area contributed by atoms with Gasteiger partial charge in [0, 0.05) is 24.2 Å². The molecule has 0 amide bonds. The van der Waals surface area contributed by atoms with Gasteiger partial charge >= 0.3 is 0 Å². The van der Waals surface area contributed by atoms with Crippen molar-refractivity contribution in [1.29, 1.82) is 0 Å². The minimum absolute atomic E-state index is 0.545. The van der Waals surface area contributed by atoms with Crippen LogP contribution in [0.4, 0.5) is 10.2 Å². The molecular weight excluding hydrogens is 301 g/mol. The predicted octanol–water partition coefficient (Wildman–Crippen LogP) is 3.31. The first kappa shape index (κ1) is 15.3. The van der Waals surface area contributed by atoms with Crippen molar-refractivity contribution < 1.29 is 9.13 Å². The Bertz CT molecular complexity index is 659. The minimum Gasteiger partial charge on any atom is -0.494 e. The lowest BCUT2D eigenvalue weighted by Gasteiger charge is -2.37. The lowest BCUT2D eigenvalue weighted by molar-refractivity contribution is 0.155. The van der Waals surface area contributed by atoms with E-state index >= 15 is 0 Å². The van der Waals surface area contributed by atoms with Gasteiger partial charge in [-0.15, -0.1) is 0 Å². The van der Waals surface area contributed by atoms with E-state index in [0.29, 0.717) is 31.7 Å². The molecule has 0 bridgehead atoms. The van der Waals surface area contributed by atoms with Crippen molar-refractivity contribution in [2.75, 3.05) is 37.1 Å². The van der Waals surface area contributed by atoms with Crippen LogP contribution < -0.4 is 9.64 Å². The molecule has 0 unspecified atom stereocenters. The fourth-order valence-corrected chi connectivity index (χ4v) is 3.79. The molecule has 1 aromatic heterocycles. The van der Waals surface area contributed by atoms with Crippen LogP contribution in [0.2, 0.25) is 0 Å². The Morgan fingerprint density at radius 2 is 2.09 bits per heavy atom. The highest BCUT2D eigenvalue weighted by Gasteiger charge is 2.34. The lowest BCUT2D eigenvalue weighted by Crippen LogP contribution is -2.43. The molecule has 4 nitrogen and oxygen atoms in total. The van der Waals surface area contributed by atoms with Gasteiger partial charge in [0.1, 0.15) is 29.1 Å². The van der Waals surface area contributed by atoms with Crippen LogP contribution >= 0.6 is 11.8 Å². The van der Waals surface area contributed by atoms with E-state index in [2.05, 4.69) is 14.9 Å². The monoisotopic (exact) mass is 321 g/mol. The van der Waals surface area contributed by atoms with Crippen LogP contribution in [0.15, 0.2) is 24.5 Å². The molecule has 1 aromatic carbocycles. The van der Waals surface area contributed by atoms with Crippen molar-refractivity contribution >= 4 is 28.5 Å². The number of piperidine rings is 1. The molecule has 0 spiro atoms. The van der Waals surface area contributed by atoms with E-state index in [1.165, 1.54) is 0 Å². The highest BCUT2D eigenvalue weighted by Crippen LogP contribution is 2.34. The Hall–Kier alpha value is -1.56. The van der Waals surface area contributed by atoms with E-state index in [4.69, 9.17) is 4.74 Å². The second-order valence-electron chi connectivity index (χ2n) is 5.62. The van der Waals surface area contributed by atoms with Gasteiger partial charge in [0.2, 0.25) is 0 Å². The zero-order chi connectivity index (χ0) is 15.6. The van der Waals surface area contributed by atoms with E-state index in [9.17, 15) is 4.39 Å². The molecule has 118 valence electrons. The molecule has 0 radical (unpaired) electrons. The standard InChI is InChI=1S/C16H20FN3OS/c1-21-13-5-3-4-12-14(13)18-11-19-15(12)20-8-6-16(17,7-9-20)10-22-2/h3-5,11H,6-10H2,1-2H3. The first-order valence-corrected chi connectivity index (χ1v) is 8.77. The van der Waals surface area contributed by atoms with Gasteiger partial charge in [-0.1, -0.05) is 6.07 Å². The van der Waals surface area contributed by atoms with Gasteiger partial charge < -0.3 is 9.64 Å². The maximum atomic E-state index is 14.6. The summed E-state index contributed by atoms with van der Waals surface area (Å²) in [6, 6.07) is 5.82. The minimum atomic E-state index is -1.05. The van der Waals surface area contributed by atoms with Gasteiger partial charge in [0.05, 0.1) is 7.11 Å². The Kier molecular flexibility index (Phi) is 4.38. The number of hydrogen-bond donors (Lipinski definition) is 0. The fraction of sp³-hybridized carbons (Fsp3) is 0.500. The van der Waals surface area contributed by atoms with E-state index in [-0.39, 0.29) is 0 Å². The summed E-state index contributed by atoms with van der Waals surface area (Å²) in [4.78, 5) is 10.9. The number of rotatable bonds is 4. The second-order valence-corrected chi connectivity index (χ2v) is 6.49. The van der Waals surface area contributed by atoms with Crippen LogP contribution in [-0.4, -0.2) is 47.8 Å². The lowest BCUT2D eigenvalue weighted by atomic mass is 9.95. The van der Waals surface area contributed by atoms with Crippen molar-refractivity contribution in [3.05, 3.63) is 24.5 Å². The third-order valence-electron chi connectivity index (χ3n) is 4.19. The molecule has 0 atom stereocenters. The number of aromatic nitrogens is 2. The molecule has 3 rings (SSSR count). The highest BCUT2D eigenvalue weighted by molar-refractivity contribution is 7.98. The van der Waals surface area contributed by atoms with Crippen LogP contribution in [0.3, 0.4) is 0 Å². The largest absolute Gasteiger partial charge is 0.494 e. The maximum Gasteiger partial charge on any atom is 0.145 e. The predicted molar refractivity (Wildman–Crippen MR) is 89.8 cm³/mol.